The maximum absolute atomic E-state index is 12.5. The zero-order valence-corrected chi connectivity index (χ0v) is 16.2. The molecule has 1 amide bonds. The number of benzene rings is 2. The van der Waals surface area contributed by atoms with Crippen molar-refractivity contribution in [1.82, 2.24) is 4.98 Å². The Balaban J connectivity index is 1.72. The van der Waals surface area contributed by atoms with Crippen LogP contribution in [0, 0.1) is 6.92 Å². The number of aryl methyl sites for hydroxylation is 1. The average Bonchev–Trinajstić information content (AvgIpc) is 2.70. The lowest BCUT2D eigenvalue weighted by Crippen LogP contribution is -2.13. The highest BCUT2D eigenvalue weighted by Crippen LogP contribution is 2.28. The molecule has 0 saturated carbocycles. The number of anilines is 3. The number of hydrogen-bond donors (Lipinski definition) is 2. The lowest BCUT2D eigenvalue weighted by molar-refractivity contribution is 0.102. The van der Waals surface area contributed by atoms with Crippen molar-refractivity contribution in [2.75, 3.05) is 24.4 Å². The van der Waals surface area contributed by atoms with Crippen LogP contribution >= 0.6 is 0 Å². The molecule has 0 spiro atoms. The number of carbonyl (C=O) groups excluding carboxylic acids is 1. The first-order chi connectivity index (χ1) is 13.6. The first kappa shape index (κ1) is 19.2. The smallest absolute Gasteiger partial charge is 0.257 e. The van der Waals surface area contributed by atoms with Crippen molar-refractivity contribution >= 4 is 23.1 Å². The number of hydrogen-bond acceptors (Lipinski definition) is 5. The van der Waals surface area contributed by atoms with Gasteiger partial charge in [0.15, 0.2) is 0 Å². The molecule has 0 fully saturated rings. The molecule has 1 aromatic heterocycles. The van der Waals surface area contributed by atoms with Crippen LogP contribution in [-0.4, -0.2) is 24.6 Å². The highest BCUT2D eigenvalue weighted by molar-refractivity contribution is 6.04. The van der Waals surface area contributed by atoms with E-state index in [4.69, 9.17) is 9.47 Å². The van der Waals surface area contributed by atoms with Gasteiger partial charge < -0.3 is 20.1 Å². The molecule has 0 bridgehead atoms. The third kappa shape index (κ3) is 4.59. The van der Waals surface area contributed by atoms with Crippen molar-refractivity contribution in [3.8, 4) is 11.5 Å². The molecule has 28 heavy (non-hydrogen) atoms. The fraction of sp³-hybridized carbons (Fsp3) is 0.182. The van der Waals surface area contributed by atoms with Gasteiger partial charge in [0.05, 0.1) is 30.7 Å². The molecule has 2 N–H and O–H groups in total. The molecule has 6 nitrogen and oxygen atoms in total. The number of rotatable bonds is 7. The van der Waals surface area contributed by atoms with Gasteiger partial charge in [-0.25, -0.2) is 4.98 Å². The van der Waals surface area contributed by atoms with E-state index in [1.54, 1.807) is 25.3 Å². The lowest BCUT2D eigenvalue weighted by Gasteiger charge is -2.12. The number of nitrogens with zero attached hydrogens (tertiary/aromatic N) is 1. The van der Waals surface area contributed by atoms with Gasteiger partial charge in [0, 0.05) is 6.20 Å². The minimum Gasteiger partial charge on any atom is -0.495 e. The number of carbonyl (C=O) groups is 1. The van der Waals surface area contributed by atoms with Crippen molar-refractivity contribution in [2.24, 2.45) is 0 Å². The Morgan fingerprint density at radius 1 is 1.04 bits per heavy atom. The summed E-state index contributed by atoms with van der Waals surface area (Å²) in [5.74, 6) is 1.73. The number of ether oxygens (including phenoxy) is 2. The second-order valence-electron chi connectivity index (χ2n) is 6.14. The van der Waals surface area contributed by atoms with Crippen LogP contribution in [0.5, 0.6) is 11.5 Å². The van der Waals surface area contributed by atoms with Crippen LogP contribution in [0.15, 0.2) is 60.8 Å². The van der Waals surface area contributed by atoms with Crippen LogP contribution in [-0.2, 0) is 0 Å². The van der Waals surface area contributed by atoms with Gasteiger partial charge in [-0.3, -0.25) is 4.79 Å². The van der Waals surface area contributed by atoms with Crippen LogP contribution < -0.4 is 20.1 Å². The van der Waals surface area contributed by atoms with E-state index in [-0.39, 0.29) is 5.91 Å². The molecule has 3 aromatic rings. The number of aromatic nitrogens is 1. The summed E-state index contributed by atoms with van der Waals surface area (Å²) in [4.78, 5) is 16.9. The summed E-state index contributed by atoms with van der Waals surface area (Å²) in [5, 5.41) is 6.08. The van der Waals surface area contributed by atoms with E-state index < -0.39 is 0 Å². The van der Waals surface area contributed by atoms with Gasteiger partial charge in [0.1, 0.15) is 17.3 Å². The van der Waals surface area contributed by atoms with Crippen LogP contribution in [0.2, 0.25) is 0 Å². The van der Waals surface area contributed by atoms with Gasteiger partial charge in [-0.2, -0.15) is 0 Å². The van der Waals surface area contributed by atoms with Gasteiger partial charge in [-0.15, -0.1) is 0 Å². The van der Waals surface area contributed by atoms with Gasteiger partial charge >= 0.3 is 0 Å². The minimum atomic E-state index is -0.251. The Morgan fingerprint density at radius 3 is 2.57 bits per heavy atom. The second-order valence-corrected chi connectivity index (χ2v) is 6.14. The van der Waals surface area contributed by atoms with Crippen molar-refractivity contribution < 1.29 is 14.3 Å². The zero-order chi connectivity index (χ0) is 19.9. The zero-order valence-electron chi connectivity index (χ0n) is 16.2. The van der Waals surface area contributed by atoms with Gasteiger partial charge in [0.25, 0.3) is 5.91 Å². The Labute approximate surface area is 164 Å². The molecule has 0 saturated heterocycles. The average molecular weight is 377 g/mol. The molecule has 6 heteroatoms. The highest BCUT2D eigenvalue weighted by Gasteiger charge is 2.11. The van der Waals surface area contributed by atoms with E-state index in [1.165, 1.54) is 6.20 Å². The first-order valence-electron chi connectivity index (χ1n) is 9.01. The molecule has 0 unspecified atom stereocenters. The number of pyridine rings is 1. The molecule has 3 rings (SSSR count). The lowest BCUT2D eigenvalue weighted by atomic mass is 10.2. The van der Waals surface area contributed by atoms with E-state index in [1.807, 2.05) is 50.2 Å². The SMILES string of the molecule is CCOc1ccccc1NC(=O)c1ccc(Nc2cc(C)ccc2OC)nc1. The van der Waals surface area contributed by atoms with Crippen molar-refractivity contribution in [3.05, 3.63) is 71.9 Å². The Hall–Kier alpha value is -3.54. The molecule has 0 aliphatic carbocycles. The van der Waals surface area contributed by atoms with Crippen LogP contribution in [0.1, 0.15) is 22.8 Å². The second kappa shape index (κ2) is 8.90. The number of methoxy groups -OCH3 is 1. The molecule has 0 aliphatic rings. The topological polar surface area (TPSA) is 72.5 Å². The first-order valence-corrected chi connectivity index (χ1v) is 9.01. The normalized spacial score (nSPS) is 10.2. The summed E-state index contributed by atoms with van der Waals surface area (Å²) in [5.41, 5.74) is 3.00. The summed E-state index contributed by atoms with van der Waals surface area (Å²) >= 11 is 0. The number of nitrogens with one attached hydrogen (secondary N) is 2. The van der Waals surface area contributed by atoms with Crippen molar-refractivity contribution in [2.45, 2.75) is 13.8 Å². The van der Waals surface area contributed by atoms with Crippen molar-refractivity contribution in [1.29, 1.82) is 0 Å². The fourth-order valence-corrected chi connectivity index (χ4v) is 2.71. The number of amides is 1. The summed E-state index contributed by atoms with van der Waals surface area (Å²) < 4.78 is 10.9. The van der Waals surface area contributed by atoms with Gasteiger partial charge in [0.2, 0.25) is 0 Å². The monoisotopic (exact) mass is 377 g/mol. The summed E-state index contributed by atoms with van der Waals surface area (Å²) in [6.45, 7) is 4.43. The molecular weight excluding hydrogens is 354 g/mol. The van der Waals surface area contributed by atoms with E-state index >= 15 is 0 Å². The maximum Gasteiger partial charge on any atom is 0.257 e. The molecular formula is C22H23N3O3. The minimum absolute atomic E-state index is 0.251. The molecule has 2 aromatic carbocycles. The van der Waals surface area contributed by atoms with Gasteiger partial charge in [-0.05, 0) is 55.8 Å². The molecule has 0 atom stereocenters. The van der Waals surface area contributed by atoms with Crippen LogP contribution in [0.25, 0.3) is 0 Å². The van der Waals surface area contributed by atoms with E-state index in [0.717, 1.165) is 17.0 Å². The maximum atomic E-state index is 12.5. The Morgan fingerprint density at radius 2 is 1.86 bits per heavy atom. The summed E-state index contributed by atoms with van der Waals surface area (Å²) in [7, 11) is 1.62. The third-order valence-corrected chi connectivity index (χ3v) is 4.08. The van der Waals surface area contributed by atoms with E-state index in [2.05, 4.69) is 15.6 Å². The third-order valence-electron chi connectivity index (χ3n) is 4.08. The largest absolute Gasteiger partial charge is 0.495 e. The Kier molecular flexibility index (Phi) is 6.11. The predicted octanol–water partition coefficient (Wildman–Crippen LogP) is 4.79. The van der Waals surface area contributed by atoms with Gasteiger partial charge in [-0.1, -0.05) is 18.2 Å². The molecule has 0 aliphatic heterocycles. The molecule has 0 radical (unpaired) electrons. The van der Waals surface area contributed by atoms with E-state index in [9.17, 15) is 4.79 Å². The fourth-order valence-electron chi connectivity index (χ4n) is 2.71. The Bertz CT molecular complexity index is 955. The molecule has 1 heterocycles. The highest BCUT2D eigenvalue weighted by atomic mass is 16.5. The van der Waals surface area contributed by atoms with E-state index in [0.29, 0.717) is 29.4 Å². The standard InChI is InChI=1S/C22H23N3O3/c1-4-28-20-8-6-5-7-17(20)25-22(26)16-10-12-21(23-14-16)24-18-13-15(2)9-11-19(18)27-3/h5-14H,4H2,1-3H3,(H,23,24)(H,25,26). The predicted molar refractivity (Wildman–Crippen MR) is 111 cm³/mol. The van der Waals surface area contributed by atoms with Crippen LogP contribution in [0.3, 0.4) is 0 Å². The summed E-state index contributed by atoms with van der Waals surface area (Å²) in [6, 6.07) is 16.7. The van der Waals surface area contributed by atoms with Crippen LogP contribution in [0.4, 0.5) is 17.2 Å². The number of para-hydroxylation sites is 2. The van der Waals surface area contributed by atoms with Crippen molar-refractivity contribution in [3.63, 3.8) is 0 Å². The molecule has 144 valence electrons. The quantitative estimate of drug-likeness (QED) is 0.619. The summed E-state index contributed by atoms with van der Waals surface area (Å²) in [6.07, 6.45) is 1.53.